The fourth-order valence-corrected chi connectivity index (χ4v) is 4.05. The lowest BCUT2D eigenvalue weighted by Crippen LogP contribution is -2.32. The van der Waals surface area contributed by atoms with Crippen molar-refractivity contribution in [2.75, 3.05) is 25.6 Å². The fourth-order valence-electron chi connectivity index (χ4n) is 4.05. The van der Waals surface area contributed by atoms with E-state index in [4.69, 9.17) is 10.5 Å². The van der Waals surface area contributed by atoms with Crippen LogP contribution in [0.15, 0.2) is 18.3 Å². The van der Waals surface area contributed by atoms with Crippen molar-refractivity contribution < 1.29 is 9.53 Å². The smallest absolute Gasteiger partial charge is 0.236 e. The third-order valence-electron chi connectivity index (χ3n) is 5.61. The molecule has 2 aliphatic rings. The zero-order valence-electron chi connectivity index (χ0n) is 20.2. The monoisotopic (exact) mass is 441 g/mol. The van der Waals surface area contributed by atoms with E-state index in [9.17, 15) is 4.79 Å². The molecule has 2 aromatic heterocycles. The van der Waals surface area contributed by atoms with Gasteiger partial charge in [-0.2, -0.15) is 0 Å². The number of aryl methyl sites for hydroxylation is 1. The van der Waals surface area contributed by atoms with Gasteiger partial charge in [0.15, 0.2) is 5.82 Å². The first-order valence-electron chi connectivity index (χ1n) is 12.0. The van der Waals surface area contributed by atoms with Crippen LogP contribution in [0.5, 0.6) is 5.75 Å². The molecule has 0 spiro atoms. The zero-order chi connectivity index (χ0) is 23.3. The standard InChI is InChI=1S/C16H19N5O2.C7H14.C2H6/c1-21(9-14(17)22)16-11-4-3-5-12(11)19-15(20-16)13-8-10(23-2)6-7-18-13;1-2-4-6-7-5-3-1;1-2/h6-8H,3-5,9H2,1-2H3,(H2,17,22);1-7H2;1-2H3. The number of primary amides is 1. The molecule has 2 aliphatic carbocycles. The molecule has 0 aromatic carbocycles. The lowest BCUT2D eigenvalue weighted by Gasteiger charge is -2.20. The van der Waals surface area contributed by atoms with E-state index in [-0.39, 0.29) is 12.5 Å². The highest BCUT2D eigenvalue weighted by molar-refractivity contribution is 5.79. The summed E-state index contributed by atoms with van der Waals surface area (Å²) < 4.78 is 5.23. The van der Waals surface area contributed by atoms with Crippen LogP contribution in [0.1, 0.15) is 76.5 Å². The van der Waals surface area contributed by atoms with Crippen molar-refractivity contribution in [3.63, 3.8) is 0 Å². The first-order chi connectivity index (χ1) is 15.6. The Hall–Kier alpha value is -2.70. The maximum atomic E-state index is 11.2. The van der Waals surface area contributed by atoms with Crippen LogP contribution in [0.3, 0.4) is 0 Å². The van der Waals surface area contributed by atoms with Crippen molar-refractivity contribution in [1.29, 1.82) is 0 Å². The minimum atomic E-state index is -0.390. The predicted octanol–water partition coefficient (Wildman–Crippen LogP) is 4.71. The molecular formula is C25H39N5O2. The third-order valence-corrected chi connectivity index (χ3v) is 5.61. The van der Waals surface area contributed by atoms with Crippen LogP contribution in [0.2, 0.25) is 0 Å². The minimum absolute atomic E-state index is 0.119. The van der Waals surface area contributed by atoms with Crippen LogP contribution in [0.4, 0.5) is 5.82 Å². The molecule has 0 unspecified atom stereocenters. The Morgan fingerprint density at radius 2 is 1.66 bits per heavy atom. The molecular weight excluding hydrogens is 402 g/mol. The van der Waals surface area contributed by atoms with E-state index in [2.05, 4.69) is 15.0 Å². The van der Waals surface area contributed by atoms with Gasteiger partial charge in [0.05, 0.1) is 13.7 Å². The molecule has 2 aromatic rings. The summed E-state index contributed by atoms with van der Waals surface area (Å²) in [7, 11) is 3.42. The minimum Gasteiger partial charge on any atom is -0.497 e. The summed E-state index contributed by atoms with van der Waals surface area (Å²) in [6, 6.07) is 3.57. The molecule has 7 heteroatoms. The molecule has 2 heterocycles. The van der Waals surface area contributed by atoms with E-state index in [1.807, 2.05) is 20.9 Å². The van der Waals surface area contributed by atoms with Gasteiger partial charge in [-0.3, -0.25) is 9.78 Å². The number of likely N-dealkylation sites (N-methyl/N-ethyl adjacent to an activating group) is 1. The number of carbonyl (C=O) groups is 1. The molecule has 0 saturated heterocycles. The molecule has 0 radical (unpaired) electrons. The normalized spacial score (nSPS) is 14.6. The van der Waals surface area contributed by atoms with Crippen LogP contribution in [-0.2, 0) is 17.6 Å². The van der Waals surface area contributed by atoms with E-state index in [1.165, 1.54) is 44.9 Å². The van der Waals surface area contributed by atoms with Crippen LogP contribution in [0, 0.1) is 0 Å². The maximum Gasteiger partial charge on any atom is 0.236 e. The molecule has 0 bridgehead atoms. The highest BCUT2D eigenvalue weighted by Gasteiger charge is 2.23. The molecule has 1 fully saturated rings. The number of pyridine rings is 1. The second kappa shape index (κ2) is 13.7. The molecule has 1 amide bonds. The predicted molar refractivity (Wildman–Crippen MR) is 130 cm³/mol. The third kappa shape index (κ3) is 7.46. The van der Waals surface area contributed by atoms with Crippen molar-refractivity contribution >= 4 is 11.7 Å². The molecule has 176 valence electrons. The number of aromatic nitrogens is 3. The van der Waals surface area contributed by atoms with Gasteiger partial charge >= 0.3 is 0 Å². The maximum absolute atomic E-state index is 11.2. The van der Waals surface area contributed by atoms with Gasteiger partial charge in [-0.05, 0) is 25.3 Å². The summed E-state index contributed by atoms with van der Waals surface area (Å²) in [5, 5.41) is 0. The first-order valence-corrected chi connectivity index (χ1v) is 12.0. The van der Waals surface area contributed by atoms with Crippen molar-refractivity contribution in [3.8, 4) is 17.3 Å². The van der Waals surface area contributed by atoms with Crippen LogP contribution in [0.25, 0.3) is 11.5 Å². The van der Waals surface area contributed by atoms with E-state index >= 15 is 0 Å². The molecule has 4 rings (SSSR count). The van der Waals surface area contributed by atoms with Crippen LogP contribution in [-0.4, -0.2) is 41.6 Å². The quantitative estimate of drug-likeness (QED) is 0.675. The van der Waals surface area contributed by atoms with Gasteiger partial charge < -0.3 is 15.4 Å². The van der Waals surface area contributed by atoms with E-state index in [1.54, 1.807) is 30.3 Å². The average molecular weight is 442 g/mol. The molecule has 0 aliphatic heterocycles. The number of nitrogens with zero attached hydrogens (tertiary/aromatic N) is 4. The van der Waals surface area contributed by atoms with Crippen molar-refractivity contribution in [3.05, 3.63) is 29.6 Å². The Bertz CT molecular complexity index is 837. The second-order valence-electron chi connectivity index (χ2n) is 8.03. The highest BCUT2D eigenvalue weighted by Crippen LogP contribution is 2.31. The number of rotatable bonds is 5. The summed E-state index contributed by atoms with van der Waals surface area (Å²) in [6.07, 6.45) is 15.0. The van der Waals surface area contributed by atoms with E-state index < -0.39 is 0 Å². The van der Waals surface area contributed by atoms with Gasteiger partial charge in [0, 0.05) is 30.6 Å². The van der Waals surface area contributed by atoms with E-state index in [0.717, 1.165) is 36.3 Å². The lowest BCUT2D eigenvalue weighted by molar-refractivity contribution is -0.116. The number of ether oxygens (including phenoxy) is 1. The zero-order valence-corrected chi connectivity index (χ0v) is 20.2. The summed E-state index contributed by atoms with van der Waals surface area (Å²) in [4.78, 5) is 26.6. The number of amides is 1. The summed E-state index contributed by atoms with van der Waals surface area (Å²) in [6.45, 7) is 4.12. The highest BCUT2D eigenvalue weighted by atomic mass is 16.5. The van der Waals surface area contributed by atoms with Crippen LogP contribution < -0.4 is 15.4 Å². The van der Waals surface area contributed by atoms with Gasteiger partial charge in [0.25, 0.3) is 0 Å². The van der Waals surface area contributed by atoms with Crippen LogP contribution >= 0.6 is 0 Å². The Labute approximate surface area is 192 Å². The number of hydrogen-bond donors (Lipinski definition) is 1. The second-order valence-corrected chi connectivity index (χ2v) is 8.03. The Morgan fingerprint density at radius 1 is 1.03 bits per heavy atom. The summed E-state index contributed by atoms with van der Waals surface area (Å²) in [5.41, 5.74) is 8.07. The summed E-state index contributed by atoms with van der Waals surface area (Å²) in [5.74, 6) is 1.60. The number of fused-ring (bicyclic) bond motifs is 1. The average Bonchev–Trinajstić information content (AvgIpc) is 3.09. The molecule has 1 saturated carbocycles. The number of carbonyl (C=O) groups excluding carboxylic acids is 1. The SMILES string of the molecule is C1CCCCCC1.CC.COc1ccnc(-c2nc3c(c(N(C)CC(N)=O)n2)CCC3)c1. The van der Waals surface area contributed by atoms with Crippen molar-refractivity contribution in [1.82, 2.24) is 15.0 Å². The fraction of sp³-hybridized carbons (Fsp3) is 0.600. The summed E-state index contributed by atoms with van der Waals surface area (Å²) >= 11 is 0. The van der Waals surface area contributed by atoms with Gasteiger partial charge in [-0.1, -0.05) is 58.8 Å². The Balaban J connectivity index is 0.000000340. The molecule has 2 N–H and O–H groups in total. The number of hydrogen-bond acceptors (Lipinski definition) is 6. The molecule has 32 heavy (non-hydrogen) atoms. The molecule has 7 nitrogen and oxygen atoms in total. The van der Waals surface area contributed by atoms with Gasteiger partial charge in [0.1, 0.15) is 17.3 Å². The number of methoxy groups -OCH3 is 1. The lowest BCUT2D eigenvalue weighted by atomic mass is 10.2. The van der Waals surface area contributed by atoms with E-state index in [0.29, 0.717) is 17.3 Å². The largest absolute Gasteiger partial charge is 0.497 e. The first kappa shape index (κ1) is 25.6. The van der Waals surface area contributed by atoms with Crippen molar-refractivity contribution in [2.45, 2.75) is 78.1 Å². The van der Waals surface area contributed by atoms with Gasteiger partial charge in [0.2, 0.25) is 5.91 Å². The van der Waals surface area contributed by atoms with Gasteiger partial charge in [-0.25, -0.2) is 9.97 Å². The Kier molecular flexibility index (Phi) is 10.9. The van der Waals surface area contributed by atoms with Gasteiger partial charge in [-0.15, -0.1) is 0 Å². The molecule has 0 atom stereocenters. The van der Waals surface area contributed by atoms with Crippen molar-refractivity contribution in [2.24, 2.45) is 5.73 Å². The Morgan fingerprint density at radius 3 is 2.22 bits per heavy atom. The number of anilines is 1. The topological polar surface area (TPSA) is 94.2 Å². The number of nitrogens with two attached hydrogens (primary N) is 1.